The molecule has 1 heterocycles. The molecule has 0 aliphatic carbocycles. The number of rotatable bonds is 4. The smallest absolute Gasteiger partial charge is 0.138 e. The van der Waals surface area contributed by atoms with Crippen LogP contribution in [0.5, 0.6) is 0 Å². The predicted molar refractivity (Wildman–Crippen MR) is 80.7 cm³/mol. The molecule has 0 unspecified atom stereocenters. The van der Waals surface area contributed by atoms with Crippen molar-refractivity contribution >= 4 is 40.5 Å². The van der Waals surface area contributed by atoms with Gasteiger partial charge in [0.1, 0.15) is 18.0 Å². The number of halogens is 2. The number of anilines is 3. The number of benzene rings is 1. The molecule has 6 heteroatoms. The van der Waals surface area contributed by atoms with Gasteiger partial charge in [-0.2, -0.15) is 0 Å². The molecule has 1 aromatic carbocycles. The molecule has 0 saturated carbocycles. The minimum absolute atomic E-state index is 0.505. The third-order valence-corrected chi connectivity index (χ3v) is 3.35. The maximum absolute atomic E-state index is 5.98. The number of aromatic nitrogens is 2. The van der Waals surface area contributed by atoms with E-state index in [1.165, 1.54) is 6.33 Å². The normalized spacial score (nSPS) is 10.3. The molecular weight excluding hydrogens is 283 g/mol. The highest BCUT2D eigenvalue weighted by atomic mass is 35.5. The standard InChI is InChI=1S/C13H14Cl2N4/c1-3-16-12-8(2)13(18-7-17-12)19-9-4-5-10(14)11(15)6-9/h4-7H,3H2,1-2H3,(H2,16,17,18,19). The first-order chi connectivity index (χ1) is 9.11. The Bertz CT molecular complexity index is 587. The number of hydrogen-bond donors (Lipinski definition) is 2. The van der Waals surface area contributed by atoms with E-state index in [0.717, 1.165) is 29.4 Å². The molecule has 0 aliphatic heterocycles. The van der Waals surface area contributed by atoms with Crippen LogP contribution in [0.1, 0.15) is 12.5 Å². The van der Waals surface area contributed by atoms with Gasteiger partial charge in [-0.15, -0.1) is 0 Å². The minimum Gasteiger partial charge on any atom is -0.370 e. The molecule has 2 aromatic rings. The van der Waals surface area contributed by atoms with Gasteiger partial charge in [-0.05, 0) is 32.0 Å². The first-order valence-corrected chi connectivity index (χ1v) is 6.65. The van der Waals surface area contributed by atoms with Crippen LogP contribution in [0.3, 0.4) is 0 Å². The van der Waals surface area contributed by atoms with E-state index >= 15 is 0 Å². The van der Waals surface area contributed by atoms with Crippen molar-refractivity contribution in [2.24, 2.45) is 0 Å². The van der Waals surface area contributed by atoms with Crippen molar-refractivity contribution in [3.05, 3.63) is 40.1 Å². The summed E-state index contributed by atoms with van der Waals surface area (Å²) in [7, 11) is 0. The lowest BCUT2D eigenvalue weighted by atomic mass is 10.2. The Morgan fingerprint density at radius 1 is 1.11 bits per heavy atom. The number of hydrogen-bond acceptors (Lipinski definition) is 4. The van der Waals surface area contributed by atoms with Crippen LogP contribution in [0.4, 0.5) is 17.3 Å². The van der Waals surface area contributed by atoms with Crippen LogP contribution in [0.2, 0.25) is 10.0 Å². The van der Waals surface area contributed by atoms with Crippen LogP contribution in [0.15, 0.2) is 24.5 Å². The quantitative estimate of drug-likeness (QED) is 0.885. The van der Waals surface area contributed by atoms with E-state index in [-0.39, 0.29) is 0 Å². The van der Waals surface area contributed by atoms with E-state index in [9.17, 15) is 0 Å². The number of nitrogens with zero attached hydrogens (tertiary/aromatic N) is 2. The Balaban J connectivity index is 2.27. The molecule has 4 nitrogen and oxygen atoms in total. The predicted octanol–water partition coefficient (Wildman–Crippen LogP) is 4.27. The van der Waals surface area contributed by atoms with Crippen LogP contribution in [0, 0.1) is 6.92 Å². The van der Waals surface area contributed by atoms with Crippen LogP contribution in [-0.4, -0.2) is 16.5 Å². The van der Waals surface area contributed by atoms with Crippen molar-refractivity contribution in [2.75, 3.05) is 17.2 Å². The molecule has 0 fully saturated rings. The summed E-state index contributed by atoms with van der Waals surface area (Å²) >= 11 is 11.9. The van der Waals surface area contributed by atoms with Crippen LogP contribution < -0.4 is 10.6 Å². The van der Waals surface area contributed by atoms with Gasteiger partial charge in [-0.25, -0.2) is 9.97 Å². The Morgan fingerprint density at radius 3 is 2.53 bits per heavy atom. The van der Waals surface area contributed by atoms with Gasteiger partial charge in [0, 0.05) is 17.8 Å². The minimum atomic E-state index is 0.505. The van der Waals surface area contributed by atoms with Crippen LogP contribution >= 0.6 is 23.2 Å². The van der Waals surface area contributed by atoms with Gasteiger partial charge in [0.25, 0.3) is 0 Å². The highest BCUT2D eigenvalue weighted by Gasteiger charge is 2.07. The van der Waals surface area contributed by atoms with Crippen molar-refractivity contribution in [1.29, 1.82) is 0 Å². The van der Waals surface area contributed by atoms with Gasteiger partial charge in [-0.3, -0.25) is 0 Å². The largest absolute Gasteiger partial charge is 0.370 e. The van der Waals surface area contributed by atoms with Crippen molar-refractivity contribution < 1.29 is 0 Å². The van der Waals surface area contributed by atoms with Gasteiger partial charge in [0.15, 0.2) is 0 Å². The summed E-state index contributed by atoms with van der Waals surface area (Å²) in [4.78, 5) is 8.42. The zero-order valence-electron chi connectivity index (χ0n) is 10.7. The van der Waals surface area contributed by atoms with Crippen LogP contribution in [0.25, 0.3) is 0 Å². The van der Waals surface area contributed by atoms with Crippen molar-refractivity contribution in [1.82, 2.24) is 9.97 Å². The number of nitrogens with one attached hydrogen (secondary N) is 2. The summed E-state index contributed by atoms with van der Waals surface area (Å²) in [5, 5.41) is 7.42. The van der Waals surface area contributed by atoms with Crippen LogP contribution in [-0.2, 0) is 0 Å². The zero-order chi connectivity index (χ0) is 13.8. The fourth-order valence-electron chi connectivity index (χ4n) is 1.63. The molecule has 0 radical (unpaired) electrons. The summed E-state index contributed by atoms with van der Waals surface area (Å²) in [5.74, 6) is 1.56. The molecule has 0 saturated heterocycles. The lowest BCUT2D eigenvalue weighted by Crippen LogP contribution is -2.05. The van der Waals surface area contributed by atoms with E-state index in [2.05, 4.69) is 20.6 Å². The van der Waals surface area contributed by atoms with Crippen molar-refractivity contribution in [3.63, 3.8) is 0 Å². The summed E-state index contributed by atoms with van der Waals surface area (Å²) in [6.07, 6.45) is 1.52. The molecule has 2 N–H and O–H groups in total. The highest BCUT2D eigenvalue weighted by molar-refractivity contribution is 6.42. The Labute approximate surface area is 122 Å². The SMILES string of the molecule is CCNc1ncnc(Nc2ccc(Cl)c(Cl)c2)c1C. The molecule has 100 valence electrons. The fourth-order valence-corrected chi connectivity index (χ4v) is 1.93. The zero-order valence-corrected chi connectivity index (χ0v) is 12.2. The highest BCUT2D eigenvalue weighted by Crippen LogP contribution is 2.28. The Morgan fingerprint density at radius 2 is 1.84 bits per heavy atom. The summed E-state index contributed by atoms with van der Waals surface area (Å²) < 4.78 is 0. The molecule has 0 aliphatic rings. The van der Waals surface area contributed by atoms with Crippen molar-refractivity contribution in [3.8, 4) is 0 Å². The average molecular weight is 297 g/mol. The first-order valence-electron chi connectivity index (χ1n) is 5.89. The maximum Gasteiger partial charge on any atom is 0.138 e. The third-order valence-electron chi connectivity index (χ3n) is 2.61. The third kappa shape index (κ3) is 3.28. The molecular formula is C13H14Cl2N4. The van der Waals surface area contributed by atoms with E-state index in [0.29, 0.717) is 10.0 Å². The second-order valence-electron chi connectivity index (χ2n) is 3.98. The van der Waals surface area contributed by atoms with Crippen molar-refractivity contribution in [2.45, 2.75) is 13.8 Å². The van der Waals surface area contributed by atoms with E-state index < -0.39 is 0 Å². The average Bonchev–Trinajstić information content (AvgIpc) is 2.39. The summed E-state index contributed by atoms with van der Waals surface area (Å²) in [6.45, 7) is 4.79. The molecule has 1 aromatic heterocycles. The lowest BCUT2D eigenvalue weighted by molar-refractivity contribution is 1.08. The molecule has 0 atom stereocenters. The first kappa shape index (κ1) is 13.9. The monoisotopic (exact) mass is 296 g/mol. The van der Waals surface area contributed by atoms with E-state index in [1.807, 2.05) is 19.9 Å². The molecule has 19 heavy (non-hydrogen) atoms. The fraction of sp³-hybridized carbons (Fsp3) is 0.231. The summed E-state index contributed by atoms with van der Waals surface area (Å²) in [6, 6.07) is 5.36. The molecule has 0 bridgehead atoms. The second kappa shape index (κ2) is 6.08. The van der Waals surface area contributed by atoms with Gasteiger partial charge >= 0.3 is 0 Å². The van der Waals surface area contributed by atoms with E-state index in [4.69, 9.17) is 23.2 Å². The Hall–Kier alpha value is -1.52. The topological polar surface area (TPSA) is 49.8 Å². The lowest BCUT2D eigenvalue weighted by Gasteiger charge is -2.12. The molecule has 0 spiro atoms. The van der Waals surface area contributed by atoms with Gasteiger partial charge < -0.3 is 10.6 Å². The summed E-state index contributed by atoms with van der Waals surface area (Å²) in [5.41, 5.74) is 1.79. The van der Waals surface area contributed by atoms with Gasteiger partial charge in [0.05, 0.1) is 10.0 Å². The maximum atomic E-state index is 5.98. The van der Waals surface area contributed by atoms with E-state index in [1.54, 1.807) is 12.1 Å². The van der Waals surface area contributed by atoms with Gasteiger partial charge in [0.2, 0.25) is 0 Å². The molecule has 0 amide bonds. The van der Waals surface area contributed by atoms with Gasteiger partial charge in [-0.1, -0.05) is 23.2 Å². The second-order valence-corrected chi connectivity index (χ2v) is 4.79. The molecule has 2 rings (SSSR count). The Kier molecular flexibility index (Phi) is 4.45.